The summed E-state index contributed by atoms with van der Waals surface area (Å²) in [5.74, 6) is 0.221. The summed E-state index contributed by atoms with van der Waals surface area (Å²) in [6, 6.07) is 0. The molecular formula is C9H16O4. The van der Waals surface area contributed by atoms with Gasteiger partial charge in [0.05, 0.1) is 13.2 Å². The largest absolute Gasteiger partial charge is 0.465 e. The molecule has 0 amide bonds. The summed E-state index contributed by atoms with van der Waals surface area (Å²) < 4.78 is 9.45. The third-order valence-corrected chi connectivity index (χ3v) is 1.47. The van der Waals surface area contributed by atoms with Gasteiger partial charge < -0.3 is 9.47 Å². The van der Waals surface area contributed by atoms with Gasteiger partial charge in [-0.2, -0.15) is 0 Å². The van der Waals surface area contributed by atoms with Crippen LogP contribution in [-0.4, -0.2) is 32.1 Å². The third kappa shape index (κ3) is 9.01. The van der Waals surface area contributed by atoms with Crippen molar-refractivity contribution in [1.29, 1.82) is 0 Å². The Kier molecular flexibility index (Phi) is 8.55. The summed E-state index contributed by atoms with van der Waals surface area (Å²) >= 11 is 0. The van der Waals surface area contributed by atoms with Crippen LogP contribution in [0.15, 0.2) is 0 Å². The van der Waals surface area contributed by atoms with E-state index in [-0.39, 0.29) is 12.4 Å². The number of ketones is 1. The van der Waals surface area contributed by atoms with Crippen molar-refractivity contribution in [3.05, 3.63) is 0 Å². The van der Waals surface area contributed by atoms with Gasteiger partial charge in [0.15, 0.2) is 0 Å². The van der Waals surface area contributed by atoms with Gasteiger partial charge in [-0.05, 0) is 6.42 Å². The van der Waals surface area contributed by atoms with Crippen molar-refractivity contribution in [1.82, 2.24) is 0 Å². The average molecular weight is 188 g/mol. The molecule has 0 bridgehead atoms. The molecule has 0 aromatic rings. The molecule has 76 valence electrons. The fraction of sp³-hybridized carbons (Fsp3) is 0.778. The molecule has 0 saturated heterocycles. The highest BCUT2D eigenvalue weighted by Crippen LogP contribution is 1.94. The van der Waals surface area contributed by atoms with Crippen LogP contribution in [0.25, 0.3) is 0 Å². The molecule has 0 spiro atoms. The summed E-state index contributed by atoms with van der Waals surface area (Å²) in [6.07, 6.45) is 1.95. The maximum atomic E-state index is 11.0. The Morgan fingerprint density at radius 3 is 2.62 bits per heavy atom. The van der Waals surface area contributed by atoms with Crippen LogP contribution >= 0.6 is 0 Å². The predicted octanol–water partition coefficient (Wildman–Crippen LogP) is 0.935. The zero-order valence-electron chi connectivity index (χ0n) is 7.95. The van der Waals surface area contributed by atoms with Gasteiger partial charge in [0.25, 0.3) is 6.47 Å². The molecule has 0 heterocycles. The van der Waals surface area contributed by atoms with E-state index in [4.69, 9.17) is 4.74 Å². The lowest BCUT2D eigenvalue weighted by Gasteiger charge is -2.01. The first-order valence-electron chi connectivity index (χ1n) is 4.46. The van der Waals surface area contributed by atoms with Crippen LogP contribution in [0, 0.1) is 0 Å². The summed E-state index contributed by atoms with van der Waals surface area (Å²) in [7, 11) is 0. The molecule has 0 aliphatic carbocycles. The minimum Gasteiger partial charge on any atom is -0.465 e. The summed E-state index contributed by atoms with van der Waals surface area (Å²) in [4.78, 5) is 20.7. The van der Waals surface area contributed by atoms with Crippen LogP contribution < -0.4 is 0 Å². The Labute approximate surface area is 78.2 Å². The third-order valence-electron chi connectivity index (χ3n) is 1.47. The normalized spacial score (nSPS) is 9.62. The molecule has 0 rings (SSSR count). The van der Waals surface area contributed by atoms with E-state index in [1.807, 2.05) is 6.92 Å². The van der Waals surface area contributed by atoms with Gasteiger partial charge >= 0.3 is 0 Å². The second-order valence-electron chi connectivity index (χ2n) is 2.62. The van der Waals surface area contributed by atoms with E-state index in [2.05, 4.69) is 4.74 Å². The van der Waals surface area contributed by atoms with E-state index in [1.165, 1.54) is 0 Å². The highest BCUT2D eigenvalue weighted by atomic mass is 16.5. The van der Waals surface area contributed by atoms with Crippen molar-refractivity contribution in [3.8, 4) is 0 Å². The number of rotatable bonds is 9. The lowest BCUT2D eigenvalue weighted by Crippen LogP contribution is -2.07. The van der Waals surface area contributed by atoms with Crippen molar-refractivity contribution in [2.75, 3.05) is 19.8 Å². The molecule has 0 aliphatic rings. The fourth-order valence-corrected chi connectivity index (χ4v) is 0.847. The van der Waals surface area contributed by atoms with Crippen molar-refractivity contribution >= 4 is 12.3 Å². The second kappa shape index (κ2) is 9.19. The zero-order chi connectivity index (χ0) is 9.94. The summed E-state index contributed by atoms with van der Waals surface area (Å²) in [6.45, 7) is 3.38. The maximum Gasteiger partial charge on any atom is 0.293 e. The van der Waals surface area contributed by atoms with Crippen LogP contribution in [0.1, 0.15) is 26.2 Å². The predicted molar refractivity (Wildman–Crippen MR) is 47.4 cm³/mol. The minimum absolute atomic E-state index is 0.221. The van der Waals surface area contributed by atoms with Gasteiger partial charge in [-0.3, -0.25) is 9.59 Å². The summed E-state index contributed by atoms with van der Waals surface area (Å²) in [5.41, 5.74) is 0. The van der Waals surface area contributed by atoms with Crippen molar-refractivity contribution in [2.24, 2.45) is 0 Å². The smallest absolute Gasteiger partial charge is 0.293 e. The van der Waals surface area contributed by atoms with Gasteiger partial charge in [-0.1, -0.05) is 6.92 Å². The van der Waals surface area contributed by atoms with Gasteiger partial charge in [0.1, 0.15) is 12.4 Å². The molecule has 4 nitrogen and oxygen atoms in total. The fourth-order valence-electron chi connectivity index (χ4n) is 0.847. The van der Waals surface area contributed by atoms with E-state index in [0.717, 1.165) is 6.42 Å². The lowest BCUT2D eigenvalue weighted by atomic mass is 10.2. The monoisotopic (exact) mass is 188 g/mol. The van der Waals surface area contributed by atoms with Gasteiger partial charge in [-0.25, -0.2) is 0 Å². The van der Waals surface area contributed by atoms with Gasteiger partial charge in [0.2, 0.25) is 0 Å². The molecule has 0 radical (unpaired) electrons. The van der Waals surface area contributed by atoms with Crippen LogP contribution in [0.4, 0.5) is 0 Å². The number of carbonyl (C=O) groups is 2. The molecule has 0 unspecified atom stereocenters. The molecule has 0 aromatic heterocycles. The maximum absolute atomic E-state index is 11.0. The number of carbonyl (C=O) groups excluding carboxylic acids is 2. The summed E-state index contributed by atoms with van der Waals surface area (Å²) in [5, 5.41) is 0. The molecule has 0 saturated carbocycles. The molecule has 4 heteroatoms. The Morgan fingerprint density at radius 2 is 2.00 bits per heavy atom. The molecule has 0 fully saturated rings. The minimum atomic E-state index is 0.221. The molecule has 0 atom stereocenters. The first-order chi connectivity index (χ1) is 6.31. The molecule has 0 aliphatic heterocycles. The molecule has 0 aromatic carbocycles. The van der Waals surface area contributed by atoms with Gasteiger partial charge in [-0.15, -0.1) is 0 Å². The molecule has 0 N–H and O–H groups in total. The number of hydrogen-bond donors (Lipinski definition) is 0. The topological polar surface area (TPSA) is 52.6 Å². The van der Waals surface area contributed by atoms with E-state index in [0.29, 0.717) is 32.5 Å². The van der Waals surface area contributed by atoms with Crippen molar-refractivity contribution in [2.45, 2.75) is 26.2 Å². The van der Waals surface area contributed by atoms with Crippen LogP contribution in [0.3, 0.4) is 0 Å². The lowest BCUT2D eigenvalue weighted by molar-refractivity contribution is -0.130. The zero-order valence-corrected chi connectivity index (χ0v) is 7.95. The second-order valence-corrected chi connectivity index (χ2v) is 2.62. The quantitative estimate of drug-likeness (QED) is 0.399. The first kappa shape index (κ1) is 12.1. The van der Waals surface area contributed by atoms with E-state index < -0.39 is 0 Å². The van der Waals surface area contributed by atoms with Crippen LogP contribution in [0.2, 0.25) is 0 Å². The number of ether oxygens (including phenoxy) is 2. The van der Waals surface area contributed by atoms with E-state index in [9.17, 15) is 9.59 Å². The highest BCUT2D eigenvalue weighted by Gasteiger charge is 1.99. The van der Waals surface area contributed by atoms with Crippen LogP contribution in [0.5, 0.6) is 0 Å². The Morgan fingerprint density at radius 1 is 1.23 bits per heavy atom. The van der Waals surface area contributed by atoms with E-state index in [1.54, 1.807) is 0 Å². The average Bonchev–Trinajstić information content (AvgIpc) is 2.11. The number of Topliss-reactive ketones (excluding diaryl/α,β-unsaturated/α-hetero) is 1. The number of hydrogen-bond acceptors (Lipinski definition) is 4. The Balaban J connectivity index is 3.06. The first-order valence-corrected chi connectivity index (χ1v) is 4.46. The van der Waals surface area contributed by atoms with Crippen molar-refractivity contribution in [3.63, 3.8) is 0 Å². The Bertz CT molecular complexity index is 145. The van der Waals surface area contributed by atoms with Gasteiger partial charge in [0, 0.05) is 12.8 Å². The standard InChI is InChI=1S/C9H16O4/c1-2-3-9(11)4-5-12-6-7-13-8-10/h8H,2-7H2,1H3. The van der Waals surface area contributed by atoms with Crippen LogP contribution in [-0.2, 0) is 19.1 Å². The Hall–Kier alpha value is -0.900. The van der Waals surface area contributed by atoms with Crippen molar-refractivity contribution < 1.29 is 19.1 Å². The molecular weight excluding hydrogens is 172 g/mol. The van der Waals surface area contributed by atoms with E-state index >= 15 is 0 Å². The SMILES string of the molecule is CCCC(=O)CCOCCOC=O. The highest BCUT2D eigenvalue weighted by molar-refractivity contribution is 5.78. The molecule has 13 heavy (non-hydrogen) atoms.